The van der Waals surface area contributed by atoms with Crippen LogP contribution < -0.4 is 14.8 Å². The maximum absolute atomic E-state index is 12.6. The molecule has 0 aromatic heterocycles. The number of carbonyl (C=O) groups excluding carboxylic acids is 1. The minimum absolute atomic E-state index is 0.0240. The Morgan fingerprint density at radius 2 is 1.79 bits per heavy atom. The summed E-state index contributed by atoms with van der Waals surface area (Å²) in [7, 11) is 0. The van der Waals surface area contributed by atoms with Crippen molar-refractivity contribution in [2.75, 3.05) is 26.6 Å². The molecule has 1 fully saturated rings. The highest BCUT2D eigenvalue weighted by Crippen LogP contribution is 2.40. The molecule has 1 saturated heterocycles. The van der Waals surface area contributed by atoms with Crippen molar-refractivity contribution in [1.82, 2.24) is 5.32 Å². The highest BCUT2D eigenvalue weighted by atomic mass is 16.7. The zero-order valence-electron chi connectivity index (χ0n) is 16.0. The Morgan fingerprint density at radius 1 is 1.03 bits per heavy atom. The van der Waals surface area contributed by atoms with Crippen LogP contribution in [0.1, 0.15) is 34.3 Å². The maximum Gasteiger partial charge on any atom is 0.335 e. The van der Waals surface area contributed by atoms with Crippen molar-refractivity contribution in [2.45, 2.75) is 24.7 Å². The number of aromatic carboxylic acids is 1. The van der Waals surface area contributed by atoms with Gasteiger partial charge in [-0.3, -0.25) is 4.79 Å². The van der Waals surface area contributed by atoms with Gasteiger partial charge in [0.05, 0.1) is 12.0 Å². The van der Waals surface area contributed by atoms with Crippen LogP contribution >= 0.6 is 0 Å². The molecule has 4 rings (SSSR count). The van der Waals surface area contributed by atoms with Gasteiger partial charge in [-0.25, -0.2) is 4.79 Å². The molecule has 2 heterocycles. The summed E-state index contributed by atoms with van der Waals surface area (Å²) in [6, 6.07) is 12.5. The molecule has 0 atom stereocenters. The lowest BCUT2D eigenvalue weighted by molar-refractivity contribution is -0.120. The van der Waals surface area contributed by atoms with Crippen molar-refractivity contribution in [1.29, 1.82) is 0 Å². The fraction of sp³-hybridized carbons (Fsp3) is 0.364. The number of carboxylic acid groups (broad SMARTS) is 1. The van der Waals surface area contributed by atoms with Crippen LogP contribution in [-0.2, 0) is 21.4 Å². The summed E-state index contributed by atoms with van der Waals surface area (Å²) >= 11 is 0. The summed E-state index contributed by atoms with van der Waals surface area (Å²) < 4.78 is 16.5. The van der Waals surface area contributed by atoms with Gasteiger partial charge in [0.1, 0.15) is 0 Å². The SMILES string of the molecule is O=C(Cc1ccccc1C(=O)O)NCC1(c2ccc3c(c2)OCO3)CCOCC1. The number of hydrogen-bond acceptors (Lipinski definition) is 5. The van der Waals surface area contributed by atoms with Gasteiger partial charge in [0, 0.05) is 25.2 Å². The van der Waals surface area contributed by atoms with Crippen molar-refractivity contribution in [2.24, 2.45) is 0 Å². The Balaban J connectivity index is 1.49. The second-order valence-corrected chi connectivity index (χ2v) is 7.38. The second kappa shape index (κ2) is 8.13. The monoisotopic (exact) mass is 397 g/mol. The van der Waals surface area contributed by atoms with E-state index in [1.165, 1.54) is 6.07 Å². The summed E-state index contributed by atoms with van der Waals surface area (Å²) in [6.07, 6.45) is 1.58. The van der Waals surface area contributed by atoms with E-state index in [1.807, 2.05) is 18.2 Å². The first-order valence-electron chi connectivity index (χ1n) is 9.63. The Bertz CT molecular complexity index is 919. The molecule has 2 aliphatic rings. The quantitative estimate of drug-likeness (QED) is 0.778. The van der Waals surface area contributed by atoms with Crippen molar-refractivity contribution in [3.05, 3.63) is 59.2 Å². The molecule has 0 saturated carbocycles. The highest BCUT2D eigenvalue weighted by Gasteiger charge is 2.36. The molecular weight excluding hydrogens is 374 g/mol. The van der Waals surface area contributed by atoms with Crippen molar-refractivity contribution >= 4 is 11.9 Å². The molecule has 0 bridgehead atoms. The number of hydrogen-bond donors (Lipinski definition) is 2. The number of rotatable bonds is 6. The Hall–Kier alpha value is -3.06. The average molecular weight is 397 g/mol. The van der Waals surface area contributed by atoms with Crippen LogP contribution in [0.3, 0.4) is 0 Å². The van der Waals surface area contributed by atoms with Crippen LogP contribution in [0, 0.1) is 0 Å². The molecule has 29 heavy (non-hydrogen) atoms. The largest absolute Gasteiger partial charge is 0.478 e. The fourth-order valence-corrected chi connectivity index (χ4v) is 3.94. The van der Waals surface area contributed by atoms with Crippen LogP contribution in [0.2, 0.25) is 0 Å². The van der Waals surface area contributed by atoms with Crippen LogP contribution in [-0.4, -0.2) is 43.5 Å². The first-order valence-corrected chi connectivity index (χ1v) is 9.63. The number of benzene rings is 2. The third-order valence-electron chi connectivity index (χ3n) is 5.66. The molecule has 0 aliphatic carbocycles. The van der Waals surface area contributed by atoms with Crippen LogP contribution in [0.15, 0.2) is 42.5 Å². The summed E-state index contributed by atoms with van der Waals surface area (Å²) in [5.74, 6) is 0.209. The van der Waals surface area contributed by atoms with Gasteiger partial charge >= 0.3 is 5.97 Å². The first-order chi connectivity index (χ1) is 14.1. The van der Waals surface area contributed by atoms with Gasteiger partial charge in [-0.2, -0.15) is 0 Å². The minimum Gasteiger partial charge on any atom is -0.478 e. The zero-order chi connectivity index (χ0) is 20.3. The lowest BCUT2D eigenvalue weighted by Gasteiger charge is -2.38. The predicted molar refractivity (Wildman–Crippen MR) is 104 cm³/mol. The number of amides is 1. The maximum atomic E-state index is 12.6. The standard InChI is InChI=1S/C22H23NO6/c24-20(11-15-3-1-2-4-17(15)21(25)26)23-13-22(7-9-27-10-8-22)16-5-6-18-19(12-16)29-14-28-18/h1-6,12H,7-11,13-14H2,(H,23,24)(H,25,26). The molecule has 0 unspecified atom stereocenters. The summed E-state index contributed by atoms with van der Waals surface area (Å²) in [5, 5.41) is 12.3. The van der Waals surface area contributed by atoms with Gasteiger partial charge in [0.25, 0.3) is 0 Å². The molecule has 2 aromatic carbocycles. The molecule has 0 radical (unpaired) electrons. The summed E-state index contributed by atoms with van der Waals surface area (Å²) in [6.45, 7) is 1.90. The van der Waals surface area contributed by atoms with Crippen LogP contribution in [0.5, 0.6) is 11.5 Å². The van der Waals surface area contributed by atoms with Gasteiger partial charge in [0.15, 0.2) is 11.5 Å². The van der Waals surface area contributed by atoms with E-state index >= 15 is 0 Å². The van der Waals surface area contributed by atoms with Gasteiger partial charge < -0.3 is 24.6 Å². The fourth-order valence-electron chi connectivity index (χ4n) is 3.94. The number of nitrogens with one attached hydrogen (secondary N) is 1. The van der Waals surface area contributed by atoms with E-state index in [-0.39, 0.29) is 30.1 Å². The lowest BCUT2D eigenvalue weighted by Crippen LogP contribution is -2.45. The molecule has 2 aliphatic heterocycles. The predicted octanol–water partition coefficient (Wildman–Crippen LogP) is 2.52. The van der Waals surface area contributed by atoms with E-state index in [2.05, 4.69) is 5.32 Å². The Labute approximate surface area is 168 Å². The number of carboxylic acids is 1. The molecule has 152 valence electrons. The van der Waals surface area contributed by atoms with E-state index in [0.717, 1.165) is 29.9 Å². The van der Waals surface area contributed by atoms with Gasteiger partial charge in [-0.15, -0.1) is 0 Å². The topological polar surface area (TPSA) is 94.1 Å². The van der Waals surface area contributed by atoms with Crippen LogP contribution in [0.4, 0.5) is 0 Å². The van der Waals surface area contributed by atoms with E-state index in [4.69, 9.17) is 14.2 Å². The van der Waals surface area contributed by atoms with Crippen molar-refractivity contribution in [3.63, 3.8) is 0 Å². The first kappa shape index (κ1) is 19.3. The second-order valence-electron chi connectivity index (χ2n) is 7.38. The highest BCUT2D eigenvalue weighted by molar-refractivity contribution is 5.91. The lowest BCUT2D eigenvalue weighted by atomic mass is 9.74. The molecule has 2 aromatic rings. The molecule has 2 N–H and O–H groups in total. The molecule has 1 amide bonds. The van der Waals surface area contributed by atoms with E-state index in [0.29, 0.717) is 25.3 Å². The van der Waals surface area contributed by atoms with E-state index in [1.54, 1.807) is 18.2 Å². The Kier molecular flexibility index (Phi) is 5.40. The number of carbonyl (C=O) groups is 2. The van der Waals surface area contributed by atoms with Crippen molar-refractivity contribution in [3.8, 4) is 11.5 Å². The van der Waals surface area contributed by atoms with Gasteiger partial charge in [0.2, 0.25) is 12.7 Å². The Morgan fingerprint density at radius 3 is 2.59 bits per heavy atom. The van der Waals surface area contributed by atoms with E-state index < -0.39 is 5.97 Å². The molecule has 0 spiro atoms. The third kappa shape index (κ3) is 4.05. The van der Waals surface area contributed by atoms with Gasteiger partial charge in [-0.05, 0) is 42.2 Å². The average Bonchev–Trinajstić information content (AvgIpc) is 3.21. The molecule has 7 heteroatoms. The minimum atomic E-state index is -1.03. The van der Waals surface area contributed by atoms with E-state index in [9.17, 15) is 14.7 Å². The summed E-state index contributed by atoms with van der Waals surface area (Å²) in [4.78, 5) is 24.0. The normalized spacial score (nSPS) is 17.0. The molecular formula is C22H23NO6. The molecule has 7 nitrogen and oxygen atoms in total. The van der Waals surface area contributed by atoms with Crippen LogP contribution in [0.25, 0.3) is 0 Å². The zero-order valence-corrected chi connectivity index (χ0v) is 16.0. The smallest absolute Gasteiger partial charge is 0.335 e. The number of ether oxygens (including phenoxy) is 3. The van der Waals surface area contributed by atoms with Gasteiger partial charge in [-0.1, -0.05) is 24.3 Å². The summed E-state index contributed by atoms with van der Waals surface area (Å²) in [5.41, 5.74) is 1.47. The number of fused-ring (bicyclic) bond motifs is 1. The third-order valence-corrected chi connectivity index (χ3v) is 5.66. The van der Waals surface area contributed by atoms with Crippen molar-refractivity contribution < 1.29 is 28.9 Å².